The Balaban J connectivity index is 2.80. The topological polar surface area (TPSA) is 68.0 Å². The lowest BCUT2D eigenvalue weighted by Gasteiger charge is -2.17. The fraction of sp³-hybridized carbons (Fsp3) is 0.333. The highest BCUT2D eigenvalue weighted by Gasteiger charge is 2.22. The molecule has 4 nitrogen and oxygen atoms in total. The number of rotatable bonds is 2. The molecule has 76 valence electrons. The Labute approximate surface area is 87.5 Å². The van der Waals surface area contributed by atoms with E-state index in [1.54, 1.807) is 26.1 Å². The van der Waals surface area contributed by atoms with Crippen molar-refractivity contribution in [3.05, 3.63) is 23.5 Å². The van der Waals surface area contributed by atoms with Crippen LogP contribution >= 0.6 is 11.6 Å². The molecule has 0 unspecified atom stereocenters. The van der Waals surface area contributed by atoms with Crippen molar-refractivity contribution in [2.24, 2.45) is 5.73 Å². The van der Waals surface area contributed by atoms with E-state index in [9.17, 15) is 4.79 Å². The molecule has 1 amide bonds. The number of pyridine rings is 1. The van der Waals surface area contributed by atoms with Crippen molar-refractivity contribution in [2.45, 2.75) is 19.4 Å². The first kappa shape index (κ1) is 10.9. The molecule has 0 spiro atoms. The number of hydrogen-bond donors (Lipinski definition) is 2. The molecule has 0 atom stereocenters. The number of amides is 1. The number of aromatic nitrogens is 1. The van der Waals surface area contributed by atoms with Gasteiger partial charge in [0.2, 0.25) is 5.91 Å². The van der Waals surface area contributed by atoms with Gasteiger partial charge in [0.25, 0.3) is 0 Å². The van der Waals surface area contributed by atoms with Gasteiger partial charge >= 0.3 is 0 Å². The Morgan fingerprint density at radius 3 is 2.79 bits per heavy atom. The predicted octanol–water partition coefficient (Wildman–Crippen LogP) is 1.41. The maximum atomic E-state index is 11.5. The second kappa shape index (κ2) is 3.94. The van der Waals surface area contributed by atoms with Crippen molar-refractivity contribution >= 4 is 23.2 Å². The summed E-state index contributed by atoms with van der Waals surface area (Å²) < 4.78 is 0. The van der Waals surface area contributed by atoms with Crippen LogP contribution in [0.1, 0.15) is 13.8 Å². The predicted molar refractivity (Wildman–Crippen MR) is 56.1 cm³/mol. The van der Waals surface area contributed by atoms with E-state index in [1.807, 2.05) is 0 Å². The highest BCUT2D eigenvalue weighted by atomic mass is 35.5. The van der Waals surface area contributed by atoms with Crippen LogP contribution in [0.25, 0.3) is 0 Å². The van der Waals surface area contributed by atoms with E-state index in [0.29, 0.717) is 10.7 Å². The van der Waals surface area contributed by atoms with Crippen molar-refractivity contribution in [3.8, 4) is 0 Å². The van der Waals surface area contributed by atoms with Gasteiger partial charge in [-0.15, -0.1) is 0 Å². The fourth-order valence-electron chi connectivity index (χ4n) is 0.753. The highest BCUT2D eigenvalue weighted by Crippen LogP contribution is 2.19. The minimum absolute atomic E-state index is 0.299. The van der Waals surface area contributed by atoms with Crippen LogP contribution < -0.4 is 11.1 Å². The van der Waals surface area contributed by atoms with E-state index in [4.69, 9.17) is 17.3 Å². The average molecular weight is 214 g/mol. The molecule has 0 saturated heterocycles. The van der Waals surface area contributed by atoms with Gasteiger partial charge in [-0.1, -0.05) is 11.6 Å². The van der Waals surface area contributed by atoms with Gasteiger partial charge in [-0.25, -0.2) is 0 Å². The summed E-state index contributed by atoms with van der Waals surface area (Å²) >= 11 is 5.82. The molecule has 1 rings (SSSR count). The first-order valence-corrected chi connectivity index (χ1v) is 4.49. The van der Waals surface area contributed by atoms with Crippen LogP contribution in [0.3, 0.4) is 0 Å². The Morgan fingerprint density at radius 1 is 1.64 bits per heavy atom. The third-order valence-corrected chi connectivity index (χ3v) is 1.93. The summed E-state index contributed by atoms with van der Waals surface area (Å²) in [5, 5.41) is 3.03. The first-order valence-electron chi connectivity index (χ1n) is 4.11. The second-order valence-electron chi connectivity index (χ2n) is 3.53. The van der Waals surface area contributed by atoms with Gasteiger partial charge in [0.05, 0.1) is 22.4 Å². The van der Waals surface area contributed by atoms with Crippen molar-refractivity contribution < 1.29 is 4.79 Å². The molecule has 0 aliphatic heterocycles. The molecule has 0 radical (unpaired) electrons. The zero-order valence-corrected chi connectivity index (χ0v) is 8.80. The Morgan fingerprint density at radius 2 is 2.29 bits per heavy atom. The monoisotopic (exact) mass is 213 g/mol. The van der Waals surface area contributed by atoms with Gasteiger partial charge < -0.3 is 11.1 Å². The fourth-order valence-corrected chi connectivity index (χ4v) is 0.905. The minimum Gasteiger partial charge on any atom is -0.322 e. The SMILES string of the molecule is CC(C)(N)C(=O)Nc1cnccc1Cl. The van der Waals surface area contributed by atoms with Gasteiger partial charge in [0, 0.05) is 6.20 Å². The molecule has 0 aliphatic carbocycles. The molecular weight excluding hydrogens is 202 g/mol. The van der Waals surface area contributed by atoms with E-state index >= 15 is 0 Å². The third-order valence-electron chi connectivity index (χ3n) is 1.60. The van der Waals surface area contributed by atoms with Crippen molar-refractivity contribution in [1.29, 1.82) is 0 Å². The minimum atomic E-state index is -0.931. The Kier molecular flexibility index (Phi) is 3.08. The molecule has 3 N–H and O–H groups in total. The summed E-state index contributed by atoms with van der Waals surface area (Å²) in [7, 11) is 0. The smallest absolute Gasteiger partial charge is 0.243 e. The number of hydrogen-bond acceptors (Lipinski definition) is 3. The van der Waals surface area contributed by atoms with Crippen molar-refractivity contribution in [3.63, 3.8) is 0 Å². The number of carbonyl (C=O) groups excluding carboxylic acids is 1. The summed E-state index contributed by atoms with van der Waals surface area (Å²) in [6, 6.07) is 1.60. The first-order chi connectivity index (χ1) is 6.41. The maximum absolute atomic E-state index is 11.5. The van der Waals surface area contributed by atoms with Crippen molar-refractivity contribution in [1.82, 2.24) is 4.98 Å². The summed E-state index contributed by atoms with van der Waals surface area (Å²) in [5.41, 5.74) is 5.14. The number of carbonyl (C=O) groups is 1. The van der Waals surface area contributed by atoms with E-state index in [1.165, 1.54) is 6.20 Å². The highest BCUT2D eigenvalue weighted by molar-refractivity contribution is 6.33. The molecule has 14 heavy (non-hydrogen) atoms. The van der Waals surface area contributed by atoms with Crippen LogP contribution in [0.5, 0.6) is 0 Å². The molecule has 5 heteroatoms. The quantitative estimate of drug-likeness (QED) is 0.781. The molecule has 0 aromatic carbocycles. The van der Waals surface area contributed by atoms with Crippen LogP contribution in [-0.4, -0.2) is 16.4 Å². The molecule has 0 bridgehead atoms. The van der Waals surface area contributed by atoms with Gasteiger partial charge in [-0.2, -0.15) is 0 Å². The van der Waals surface area contributed by atoms with Crippen LogP contribution in [0.4, 0.5) is 5.69 Å². The zero-order valence-electron chi connectivity index (χ0n) is 8.04. The number of halogens is 1. The second-order valence-corrected chi connectivity index (χ2v) is 3.94. The van der Waals surface area contributed by atoms with E-state index in [-0.39, 0.29) is 5.91 Å². The number of nitrogens with two attached hydrogens (primary N) is 1. The Hall–Kier alpha value is -1.13. The normalized spacial score (nSPS) is 11.1. The molecule has 0 saturated carbocycles. The molecular formula is C9H12ClN3O. The van der Waals surface area contributed by atoms with Crippen LogP contribution in [-0.2, 0) is 4.79 Å². The van der Waals surface area contributed by atoms with Gasteiger partial charge in [-0.05, 0) is 19.9 Å². The number of anilines is 1. The van der Waals surface area contributed by atoms with Crippen LogP contribution in [0.2, 0.25) is 5.02 Å². The summed E-state index contributed by atoms with van der Waals surface area (Å²) in [6.07, 6.45) is 3.03. The summed E-state index contributed by atoms with van der Waals surface area (Å²) in [4.78, 5) is 15.3. The lowest BCUT2D eigenvalue weighted by molar-refractivity contribution is -0.120. The molecule has 1 heterocycles. The molecule has 1 aromatic rings. The van der Waals surface area contributed by atoms with E-state index in [2.05, 4.69) is 10.3 Å². The molecule has 0 fully saturated rings. The van der Waals surface area contributed by atoms with E-state index < -0.39 is 5.54 Å². The van der Waals surface area contributed by atoms with Gasteiger partial charge in [0.1, 0.15) is 0 Å². The number of nitrogens with zero attached hydrogens (tertiary/aromatic N) is 1. The Bertz CT molecular complexity index is 346. The standard InChI is InChI=1S/C9H12ClN3O/c1-9(2,11)8(14)13-7-5-12-4-3-6(7)10/h3-5H,11H2,1-2H3,(H,13,14). The summed E-state index contributed by atoms with van der Waals surface area (Å²) in [6.45, 7) is 3.24. The average Bonchev–Trinajstić information content (AvgIpc) is 2.07. The van der Waals surface area contributed by atoms with E-state index in [0.717, 1.165) is 0 Å². The summed E-state index contributed by atoms with van der Waals surface area (Å²) in [5.74, 6) is -0.299. The lowest BCUT2D eigenvalue weighted by Crippen LogP contribution is -2.45. The van der Waals surface area contributed by atoms with Crippen LogP contribution in [0, 0.1) is 0 Å². The molecule has 1 aromatic heterocycles. The third kappa shape index (κ3) is 2.68. The van der Waals surface area contributed by atoms with Gasteiger partial charge in [-0.3, -0.25) is 9.78 Å². The van der Waals surface area contributed by atoms with Gasteiger partial charge in [0.15, 0.2) is 0 Å². The number of nitrogens with one attached hydrogen (secondary N) is 1. The zero-order chi connectivity index (χ0) is 10.8. The lowest BCUT2D eigenvalue weighted by atomic mass is 10.1. The molecule has 0 aliphatic rings. The maximum Gasteiger partial charge on any atom is 0.243 e. The van der Waals surface area contributed by atoms with Crippen molar-refractivity contribution in [2.75, 3.05) is 5.32 Å². The van der Waals surface area contributed by atoms with Crippen LogP contribution in [0.15, 0.2) is 18.5 Å². The largest absolute Gasteiger partial charge is 0.322 e.